The number of furan rings is 1. The van der Waals surface area contributed by atoms with Crippen molar-refractivity contribution in [3.63, 3.8) is 0 Å². The molecule has 0 radical (unpaired) electrons. The van der Waals surface area contributed by atoms with Crippen molar-refractivity contribution in [2.24, 2.45) is 5.41 Å². The molecular formula is C16H24N2O3. The van der Waals surface area contributed by atoms with Gasteiger partial charge in [-0.2, -0.15) is 0 Å². The lowest BCUT2D eigenvalue weighted by Crippen LogP contribution is -2.63. The van der Waals surface area contributed by atoms with Gasteiger partial charge >= 0.3 is 5.97 Å². The number of rotatable bonds is 4. The average Bonchev–Trinajstić information content (AvgIpc) is 3.00. The number of fused-ring (bicyclic) bond motifs is 1. The molecule has 21 heavy (non-hydrogen) atoms. The van der Waals surface area contributed by atoms with E-state index in [1.807, 2.05) is 13.0 Å². The fourth-order valence-corrected chi connectivity index (χ4v) is 3.77. The predicted molar refractivity (Wildman–Crippen MR) is 78.7 cm³/mol. The van der Waals surface area contributed by atoms with Crippen LogP contribution in [0, 0.1) is 5.41 Å². The second-order valence-electron chi connectivity index (χ2n) is 6.12. The smallest absolute Gasteiger partial charge is 0.314 e. The highest BCUT2D eigenvalue weighted by atomic mass is 16.5. The highest BCUT2D eigenvalue weighted by Crippen LogP contribution is 2.39. The van der Waals surface area contributed by atoms with Gasteiger partial charge in [-0.3, -0.25) is 9.69 Å². The fourth-order valence-electron chi connectivity index (χ4n) is 3.77. The van der Waals surface area contributed by atoms with Gasteiger partial charge in [0.2, 0.25) is 0 Å². The Morgan fingerprint density at radius 1 is 1.62 bits per heavy atom. The highest BCUT2D eigenvalue weighted by Gasteiger charge is 2.51. The number of esters is 1. The Morgan fingerprint density at radius 2 is 2.52 bits per heavy atom. The van der Waals surface area contributed by atoms with Crippen LogP contribution in [0.3, 0.4) is 0 Å². The molecule has 0 aliphatic carbocycles. The molecule has 3 rings (SSSR count). The van der Waals surface area contributed by atoms with Crippen LogP contribution in [-0.4, -0.2) is 43.2 Å². The van der Waals surface area contributed by atoms with E-state index in [0.29, 0.717) is 6.61 Å². The lowest BCUT2D eigenvalue weighted by Gasteiger charge is -2.49. The molecule has 2 aliphatic rings. The third-order valence-electron chi connectivity index (χ3n) is 4.77. The van der Waals surface area contributed by atoms with Gasteiger partial charge in [-0.15, -0.1) is 0 Å². The molecule has 116 valence electrons. The molecule has 1 aromatic heterocycles. The van der Waals surface area contributed by atoms with Gasteiger partial charge in [0.15, 0.2) is 0 Å². The van der Waals surface area contributed by atoms with E-state index in [-0.39, 0.29) is 17.4 Å². The Labute approximate surface area is 125 Å². The molecule has 2 fully saturated rings. The average molecular weight is 292 g/mol. The summed E-state index contributed by atoms with van der Waals surface area (Å²) < 4.78 is 10.5. The maximum atomic E-state index is 12.6. The standard InChI is InChI=1S/C16H24N2O3/c1-2-21-15(19)16-6-3-7-17-14(16)4-8-18(12-16)10-13-5-9-20-11-13/h5,9,11,14,17H,2-4,6-8,10,12H2,1H3/t14-,16+/m1/s1. The van der Waals surface area contributed by atoms with Crippen LogP contribution in [0.15, 0.2) is 23.0 Å². The summed E-state index contributed by atoms with van der Waals surface area (Å²) in [6.45, 7) is 5.96. The number of carbonyl (C=O) groups excluding carboxylic acids is 1. The molecule has 0 aromatic carbocycles. The van der Waals surface area contributed by atoms with E-state index < -0.39 is 0 Å². The van der Waals surface area contributed by atoms with Crippen LogP contribution < -0.4 is 5.32 Å². The van der Waals surface area contributed by atoms with Gasteiger partial charge in [0, 0.05) is 31.2 Å². The van der Waals surface area contributed by atoms with Crippen molar-refractivity contribution in [1.29, 1.82) is 0 Å². The molecular weight excluding hydrogens is 268 g/mol. The summed E-state index contributed by atoms with van der Waals surface area (Å²) in [7, 11) is 0. The number of carbonyl (C=O) groups is 1. The number of hydrogen-bond donors (Lipinski definition) is 1. The minimum Gasteiger partial charge on any atom is -0.472 e. The van der Waals surface area contributed by atoms with Crippen molar-refractivity contribution in [1.82, 2.24) is 10.2 Å². The largest absolute Gasteiger partial charge is 0.472 e. The number of hydrogen-bond acceptors (Lipinski definition) is 5. The summed E-state index contributed by atoms with van der Waals surface area (Å²) in [6, 6.07) is 2.24. The zero-order chi connectivity index (χ0) is 14.7. The van der Waals surface area contributed by atoms with Crippen molar-refractivity contribution in [2.75, 3.05) is 26.2 Å². The SMILES string of the molecule is CCOC(=O)[C@]12CCCN[C@@H]1CCN(Cc1ccoc1)C2. The first-order chi connectivity index (χ1) is 10.2. The summed E-state index contributed by atoms with van der Waals surface area (Å²) in [4.78, 5) is 14.9. The van der Waals surface area contributed by atoms with E-state index >= 15 is 0 Å². The zero-order valence-corrected chi connectivity index (χ0v) is 12.6. The molecule has 5 heteroatoms. The Kier molecular flexibility index (Phi) is 4.31. The van der Waals surface area contributed by atoms with Crippen LogP contribution in [0.1, 0.15) is 31.7 Å². The molecule has 2 saturated heterocycles. The van der Waals surface area contributed by atoms with E-state index in [2.05, 4.69) is 10.2 Å². The van der Waals surface area contributed by atoms with Crippen LogP contribution in [0.25, 0.3) is 0 Å². The fraction of sp³-hybridized carbons (Fsp3) is 0.688. The number of nitrogens with one attached hydrogen (secondary N) is 1. The quantitative estimate of drug-likeness (QED) is 0.857. The third kappa shape index (κ3) is 2.85. The van der Waals surface area contributed by atoms with Gasteiger partial charge in [0.1, 0.15) is 0 Å². The minimum absolute atomic E-state index is 0.0286. The van der Waals surface area contributed by atoms with E-state index in [4.69, 9.17) is 9.15 Å². The van der Waals surface area contributed by atoms with Crippen LogP contribution in [0.4, 0.5) is 0 Å². The van der Waals surface area contributed by atoms with Crippen LogP contribution in [-0.2, 0) is 16.1 Å². The maximum Gasteiger partial charge on any atom is 0.314 e. The lowest BCUT2D eigenvalue weighted by molar-refractivity contribution is -0.164. The molecule has 2 atom stereocenters. The summed E-state index contributed by atoms with van der Waals surface area (Å²) in [6.07, 6.45) is 6.44. The molecule has 0 saturated carbocycles. The lowest BCUT2D eigenvalue weighted by atomic mass is 9.70. The summed E-state index contributed by atoms with van der Waals surface area (Å²) >= 11 is 0. The van der Waals surface area contributed by atoms with Gasteiger partial charge < -0.3 is 14.5 Å². The summed E-state index contributed by atoms with van der Waals surface area (Å²) in [5, 5.41) is 3.53. The normalized spacial score (nSPS) is 29.9. The Hall–Kier alpha value is -1.33. The number of nitrogens with zero attached hydrogens (tertiary/aromatic N) is 1. The molecule has 0 unspecified atom stereocenters. The van der Waals surface area contributed by atoms with Gasteiger partial charge in [-0.1, -0.05) is 0 Å². The summed E-state index contributed by atoms with van der Waals surface area (Å²) in [5.74, 6) is -0.0286. The Balaban J connectivity index is 1.76. The zero-order valence-electron chi connectivity index (χ0n) is 12.6. The number of piperidine rings is 2. The molecule has 1 N–H and O–H groups in total. The molecule has 3 heterocycles. The highest BCUT2D eigenvalue weighted by molar-refractivity contribution is 5.78. The van der Waals surface area contributed by atoms with Crippen LogP contribution >= 0.6 is 0 Å². The minimum atomic E-state index is -0.379. The van der Waals surface area contributed by atoms with Gasteiger partial charge in [0.05, 0.1) is 24.5 Å². The maximum absolute atomic E-state index is 12.6. The van der Waals surface area contributed by atoms with Gasteiger partial charge in [-0.25, -0.2) is 0 Å². The molecule has 2 aliphatic heterocycles. The van der Waals surface area contributed by atoms with Crippen LogP contribution in [0.5, 0.6) is 0 Å². The third-order valence-corrected chi connectivity index (χ3v) is 4.77. The van der Waals surface area contributed by atoms with Crippen molar-refractivity contribution < 1.29 is 13.9 Å². The molecule has 0 spiro atoms. The predicted octanol–water partition coefficient (Wildman–Crippen LogP) is 1.79. The molecule has 0 amide bonds. The Morgan fingerprint density at radius 3 is 3.29 bits per heavy atom. The summed E-state index contributed by atoms with van der Waals surface area (Å²) in [5.41, 5.74) is 0.784. The second-order valence-corrected chi connectivity index (χ2v) is 6.12. The Bertz CT molecular complexity index is 474. The first kappa shape index (κ1) is 14.6. The molecule has 0 bridgehead atoms. The van der Waals surface area contributed by atoms with Gasteiger partial charge in [0.25, 0.3) is 0 Å². The van der Waals surface area contributed by atoms with E-state index in [1.54, 1.807) is 12.5 Å². The first-order valence-corrected chi connectivity index (χ1v) is 7.88. The monoisotopic (exact) mass is 292 g/mol. The molecule has 1 aromatic rings. The topological polar surface area (TPSA) is 54.7 Å². The van der Waals surface area contributed by atoms with E-state index in [1.165, 1.54) is 0 Å². The van der Waals surface area contributed by atoms with Crippen molar-refractivity contribution >= 4 is 5.97 Å². The van der Waals surface area contributed by atoms with E-state index in [0.717, 1.165) is 51.0 Å². The number of ether oxygens (including phenoxy) is 1. The van der Waals surface area contributed by atoms with Gasteiger partial charge in [-0.05, 0) is 38.8 Å². The van der Waals surface area contributed by atoms with Crippen LogP contribution in [0.2, 0.25) is 0 Å². The second kappa shape index (κ2) is 6.20. The van der Waals surface area contributed by atoms with Crippen molar-refractivity contribution in [2.45, 2.75) is 38.8 Å². The molecule has 5 nitrogen and oxygen atoms in total. The number of likely N-dealkylation sites (tertiary alicyclic amines) is 1. The first-order valence-electron chi connectivity index (χ1n) is 7.88. The van der Waals surface area contributed by atoms with E-state index in [9.17, 15) is 4.79 Å². The van der Waals surface area contributed by atoms with Crippen molar-refractivity contribution in [3.8, 4) is 0 Å². The van der Waals surface area contributed by atoms with Crippen molar-refractivity contribution in [3.05, 3.63) is 24.2 Å².